The van der Waals surface area contributed by atoms with E-state index >= 15 is 0 Å². The van der Waals surface area contributed by atoms with E-state index in [0.29, 0.717) is 12.2 Å². The van der Waals surface area contributed by atoms with E-state index in [2.05, 4.69) is 33.5 Å². The number of hydrogen-bond donors (Lipinski definition) is 2. The minimum Gasteiger partial charge on any atom is -0.378 e. The van der Waals surface area contributed by atoms with Crippen LogP contribution in [0.2, 0.25) is 0 Å². The van der Waals surface area contributed by atoms with Crippen LogP contribution in [-0.4, -0.2) is 24.6 Å². The van der Waals surface area contributed by atoms with Crippen LogP contribution in [0.15, 0.2) is 22.7 Å². The molecule has 0 bridgehead atoms. The molecule has 6 heteroatoms. The van der Waals surface area contributed by atoms with Crippen LogP contribution in [0.5, 0.6) is 0 Å². The number of rotatable bonds is 7. The summed E-state index contributed by atoms with van der Waals surface area (Å²) in [4.78, 5) is 10.4. The monoisotopic (exact) mass is 301 g/mol. The fraction of sp³-hybridized carbons (Fsp3) is 0.455. The Labute approximate surface area is 109 Å². The Morgan fingerprint density at radius 3 is 2.76 bits per heavy atom. The number of nitrogens with zero attached hydrogens (tertiary/aromatic N) is 1. The van der Waals surface area contributed by atoms with E-state index in [0.717, 1.165) is 24.0 Å². The average Bonchev–Trinajstić information content (AvgIpc) is 2.28. The van der Waals surface area contributed by atoms with E-state index in [1.165, 1.54) is 6.07 Å². The summed E-state index contributed by atoms with van der Waals surface area (Å²) in [6.07, 6.45) is 1.08. The highest BCUT2D eigenvalue weighted by molar-refractivity contribution is 9.10. The molecule has 0 saturated carbocycles. The van der Waals surface area contributed by atoms with Gasteiger partial charge in [0.25, 0.3) is 5.69 Å². The van der Waals surface area contributed by atoms with Crippen molar-refractivity contribution in [2.24, 2.45) is 0 Å². The summed E-state index contributed by atoms with van der Waals surface area (Å²) in [5.41, 5.74) is 0.645. The smallest absolute Gasteiger partial charge is 0.292 e. The first kappa shape index (κ1) is 13.9. The van der Waals surface area contributed by atoms with Gasteiger partial charge in [0, 0.05) is 23.6 Å². The Morgan fingerprint density at radius 2 is 2.12 bits per heavy atom. The van der Waals surface area contributed by atoms with Crippen molar-refractivity contribution < 1.29 is 4.92 Å². The van der Waals surface area contributed by atoms with Gasteiger partial charge in [-0.1, -0.05) is 22.9 Å². The van der Waals surface area contributed by atoms with Crippen LogP contribution < -0.4 is 10.6 Å². The molecule has 0 fully saturated rings. The van der Waals surface area contributed by atoms with Gasteiger partial charge in [0.05, 0.1) is 4.92 Å². The fourth-order valence-corrected chi connectivity index (χ4v) is 1.76. The molecule has 1 aromatic carbocycles. The molecule has 1 aromatic rings. The van der Waals surface area contributed by atoms with Crippen molar-refractivity contribution in [1.82, 2.24) is 5.32 Å². The minimum absolute atomic E-state index is 0.101. The van der Waals surface area contributed by atoms with Crippen molar-refractivity contribution in [2.75, 3.05) is 25.0 Å². The van der Waals surface area contributed by atoms with E-state index < -0.39 is 0 Å². The average molecular weight is 302 g/mol. The molecular formula is C11H16BrN3O2. The maximum absolute atomic E-state index is 10.8. The van der Waals surface area contributed by atoms with E-state index in [1.54, 1.807) is 12.1 Å². The van der Waals surface area contributed by atoms with Crippen molar-refractivity contribution in [3.05, 3.63) is 32.8 Å². The number of halogens is 1. The lowest BCUT2D eigenvalue weighted by atomic mass is 10.2. The second-order valence-electron chi connectivity index (χ2n) is 3.60. The maximum Gasteiger partial charge on any atom is 0.292 e. The summed E-state index contributed by atoms with van der Waals surface area (Å²) in [5.74, 6) is 0. The van der Waals surface area contributed by atoms with Gasteiger partial charge >= 0.3 is 0 Å². The van der Waals surface area contributed by atoms with Crippen LogP contribution in [0.4, 0.5) is 11.4 Å². The summed E-state index contributed by atoms with van der Waals surface area (Å²) in [6.45, 7) is 4.51. The first-order valence-electron chi connectivity index (χ1n) is 5.53. The molecule has 0 saturated heterocycles. The maximum atomic E-state index is 10.8. The third-order valence-corrected chi connectivity index (χ3v) is 2.69. The van der Waals surface area contributed by atoms with Crippen LogP contribution in [0.3, 0.4) is 0 Å². The number of nitro benzene ring substituents is 1. The van der Waals surface area contributed by atoms with Gasteiger partial charge in [-0.3, -0.25) is 10.1 Å². The molecule has 17 heavy (non-hydrogen) atoms. The molecule has 0 aliphatic carbocycles. The molecule has 0 spiro atoms. The predicted octanol–water partition coefficient (Wildman–Crippen LogP) is 2.77. The molecule has 0 unspecified atom stereocenters. The number of nitro groups is 1. The number of hydrogen-bond acceptors (Lipinski definition) is 4. The molecule has 0 atom stereocenters. The van der Waals surface area contributed by atoms with E-state index in [9.17, 15) is 10.1 Å². The molecule has 94 valence electrons. The van der Waals surface area contributed by atoms with E-state index in [-0.39, 0.29) is 10.6 Å². The lowest BCUT2D eigenvalue weighted by Crippen LogP contribution is -2.22. The number of nitrogens with one attached hydrogen (secondary N) is 2. The van der Waals surface area contributed by atoms with Crippen molar-refractivity contribution >= 4 is 27.3 Å². The van der Waals surface area contributed by atoms with Crippen LogP contribution in [0.25, 0.3) is 0 Å². The molecule has 2 N–H and O–H groups in total. The highest BCUT2D eigenvalue weighted by Crippen LogP contribution is 2.27. The topological polar surface area (TPSA) is 67.2 Å². The molecule has 0 aliphatic rings. The highest BCUT2D eigenvalue weighted by Gasteiger charge is 2.12. The summed E-state index contributed by atoms with van der Waals surface area (Å²) in [5, 5.41) is 17.1. The number of anilines is 1. The first-order chi connectivity index (χ1) is 8.15. The van der Waals surface area contributed by atoms with Gasteiger partial charge in [0.15, 0.2) is 0 Å². The van der Waals surface area contributed by atoms with Crippen molar-refractivity contribution in [2.45, 2.75) is 13.3 Å². The Hall–Kier alpha value is -1.14. The van der Waals surface area contributed by atoms with Crippen LogP contribution in [0, 0.1) is 10.1 Å². The van der Waals surface area contributed by atoms with Gasteiger partial charge in [-0.25, -0.2) is 0 Å². The van der Waals surface area contributed by atoms with Gasteiger partial charge in [-0.15, -0.1) is 0 Å². The lowest BCUT2D eigenvalue weighted by molar-refractivity contribution is -0.384. The summed E-state index contributed by atoms with van der Waals surface area (Å²) in [6, 6.07) is 4.88. The highest BCUT2D eigenvalue weighted by atomic mass is 79.9. The molecule has 0 aromatic heterocycles. The van der Waals surface area contributed by atoms with Gasteiger partial charge in [-0.2, -0.15) is 0 Å². The third kappa shape index (κ3) is 4.70. The SMILES string of the molecule is CCCNCCNc1cc(Br)ccc1[N+](=O)[O-]. The Balaban J connectivity index is 2.56. The Bertz CT molecular complexity index is 385. The lowest BCUT2D eigenvalue weighted by Gasteiger charge is -2.08. The quantitative estimate of drug-likeness (QED) is 0.462. The Morgan fingerprint density at radius 1 is 1.35 bits per heavy atom. The van der Waals surface area contributed by atoms with Gasteiger partial charge in [0.1, 0.15) is 5.69 Å². The largest absolute Gasteiger partial charge is 0.378 e. The van der Waals surface area contributed by atoms with Gasteiger partial charge in [0.2, 0.25) is 0 Å². The molecular weight excluding hydrogens is 286 g/mol. The predicted molar refractivity (Wildman–Crippen MR) is 72.4 cm³/mol. The standard InChI is InChI=1S/C11H16BrN3O2/c1-2-5-13-6-7-14-10-8-9(12)3-4-11(10)15(16)17/h3-4,8,13-14H,2,5-7H2,1H3. The zero-order valence-corrected chi connectivity index (χ0v) is 11.3. The summed E-state index contributed by atoms with van der Waals surface area (Å²) in [7, 11) is 0. The fourth-order valence-electron chi connectivity index (χ4n) is 1.40. The van der Waals surface area contributed by atoms with Crippen molar-refractivity contribution in [3.8, 4) is 0 Å². The minimum atomic E-state index is -0.381. The third-order valence-electron chi connectivity index (χ3n) is 2.20. The molecule has 0 aliphatic heterocycles. The van der Waals surface area contributed by atoms with E-state index in [4.69, 9.17) is 0 Å². The van der Waals surface area contributed by atoms with Gasteiger partial charge < -0.3 is 10.6 Å². The summed E-state index contributed by atoms with van der Waals surface area (Å²) >= 11 is 3.30. The van der Waals surface area contributed by atoms with Crippen molar-refractivity contribution in [1.29, 1.82) is 0 Å². The zero-order valence-electron chi connectivity index (χ0n) is 9.70. The van der Waals surface area contributed by atoms with Crippen LogP contribution in [0.1, 0.15) is 13.3 Å². The second-order valence-corrected chi connectivity index (χ2v) is 4.51. The normalized spacial score (nSPS) is 10.2. The molecule has 0 amide bonds. The second kappa shape index (κ2) is 7.24. The van der Waals surface area contributed by atoms with Gasteiger partial charge in [-0.05, 0) is 25.1 Å². The zero-order chi connectivity index (χ0) is 12.7. The van der Waals surface area contributed by atoms with Crippen LogP contribution >= 0.6 is 15.9 Å². The summed E-state index contributed by atoms with van der Waals surface area (Å²) < 4.78 is 0.826. The number of benzene rings is 1. The molecule has 0 heterocycles. The Kier molecular flexibility index (Phi) is 5.93. The van der Waals surface area contributed by atoms with Crippen LogP contribution in [-0.2, 0) is 0 Å². The molecule has 0 radical (unpaired) electrons. The molecule has 1 rings (SSSR count). The molecule has 5 nitrogen and oxygen atoms in total. The van der Waals surface area contributed by atoms with Crippen molar-refractivity contribution in [3.63, 3.8) is 0 Å². The first-order valence-corrected chi connectivity index (χ1v) is 6.33. The van der Waals surface area contributed by atoms with E-state index in [1.807, 2.05) is 0 Å².